The first-order chi connectivity index (χ1) is 11.8. The van der Waals surface area contributed by atoms with E-state index in [-0.39, 0.29) is 11.5 Å². The van der Waals surface area contributed by atoms with E-state index in [1.807, 2.05) is 58.2 Å². The van der Waals surface area contributed by atoms with Gasteiger partial charge in [-0.3, -0.25) is 4.79 Å². The first-order valence-corrected chi connectivity index (χ1v) is 8.16. The molecule has 0 aliphatic rings. The molecule has 2 aromatic heterocycles. The Balaban J connectivity index is 1.76. The minimum absolute atomic E-state index is 0.208. The number of carbonyl (C=O) groups is 1. The molecule has 0 spiro atoms. The van der Waals surface area contributed by atoms with Gasteiger partial charge in [0.25, 0.3) is 5.91 Å². The Hall–Kier alpha value is -2.73. The highest BCUT2D eigenvalue weighted by molar-refractivity contribution is 6.08. The number of aryl methyl sites for hydroxylation is 1. The Morgan fingerprint density at radius 1 is 1.28 bits per heavy atom. The molecule has 6 nitrogen and oxygen atoms in total. The van der Waals surface area contributed by atoms with Gasteiger partial charge < -0.3 is 10.1 Å². The molecule has 0 saturated carbocycles. The number of hydrogen-bond acceptors (Lipinski definition) is 4. The lowest BCUT2D eigenvalue weighted by atomic mass is 10.1. The minimum Gasteiger partial charge on any atom is -0.371 e. The molecule has 1 aromatic carbocycles. The second-order valence-corrected chi connectivity index (χ2v) is 7.01. The number of fused-ring (bicyclic) bond motifs is 1. The van der Waals surface area contributed by atoms with Gasteiger partial charge in [0.15, 0.2) is 5.65 Å². The van der Waals surface area contributed by atoms with Crippen LogP contribution in [0.15, 0.2) is 42.9 Å². The summed E-state index contributed by atoms with van der Waals surface area (Å²) in [4.78, 5) is 16.9. The summed E-state index contributed by atoms with van der Waals surface area (Å²) < 4.78 is 7.39. The summed E-state index contributed by atoms with van der Waals surface area (Å²) in [6, 6.07) is 7.63. The van der Waals surface area contributed by atoms with E-state index in [0.717, 1.165) is 11.1 Å². The van der Waals surface area contributed by atoms with Crippen molar-refractivity contribution in [3.05, 3.63) is 59.5 Å². The Morgan fingerprint density at radius 3 is 2.84 bits per heavy atom. The largest absolute Gasteiger partial charge is 0.371 e. The van der Waals surface area contributed by atoms with Gasteiger partial charge in [0, 0.05) is 18.1 Å². The average molecular weight is 338 g/mol. The highest BCUT2D eigenvalue weighted by Gasteiger charge is 2.15. The van der Waals surface area contributed by atoms with Crippen molar-refractivity contribution in [2.75, 3.05) is 5.32 Å². The van der Waals surface area contributed by atoms with Crippen molar-refractivity contribution in [3.63, 3.8) is 0 Å². The summed E-state index contributed by atoms with van der Waals surface area (Å²) in [5.41, 5.74) is 3.47. The van der Waals surface area contributed by atoms with Crippen molar-refractivity contribution in [2.24, 2.45) is 0 Å². The molecular formula is C19H22N4O2. The summed E-state index contributed by atoms with van der Waals surface area (Å²) in [6.07, 6.45) is 5.09. The number of nitrogens with zero attached hydrogens (tertiary/aromatic N) is 3. The number of anilines is 1. The lowest BCUT2D eigenvalue weighted by Crippen LogP contribution is -2.18. The van der Waals surface area contributed by atoms with E-state index in [2.05, 4.69) is 15.4 Å². The van der Waals surface area contributed by atoms with E-state index in [9.17, 15) is 4.79 Å². The second kappa shape index (κ2) is 6.64. The van der Waals surface area contributed by atoms with Crippen LogP contribution in [-0.2, 0) is 11.3 Å². The average Bonchev–Trinajstić information content (AvgIpc) is 2.95. The summed E-state index contributed by atoms with van der Waals surface area (Å²) >= 11 is 0. The molecule has 0 atom stereocenters. The SMILES string of the molecule is Cc1cnc2c(C(=O)Nc3cccc(COC(C)(C)C)c3)cnn2c1. The normalized spacial score (nSPS) is 11.7. The van der Waals surface area contributed by atoms with Gasteiger partial charge in [-0.25, -0.2) is 9.50 Å². The predicted octanol–water partition coefficient (Wildman–Crippen LogP) is 3.61. The van der Waals surface area contributed by atoms with E-state index in [4.69, 9.17) is 4.74 Å². The molecule has 0 bridgehead atoms. The van der Waals surface area contributed by atoms with Crippen molar-refractivity contribution < 1.29 is 9.53 Å². The highest BCUT2D eigenvalue weighted by atomic mass is 16.5. The summed E-state index contributed by atoms with van der Waals surface area (Å²) in [5, 5.41) is 7.09. The maximum atomic E-state index is 12.6. The second-order valence-electron chi connectivity index (χ2n) is 7.01. The zero-order valence-corrected chi connectivity index (χ0v) is 14.9. The number of rotatable bonds is 4. The zero-order chi connectivity index (χ0) is 18.0. The van der Waals surface area contributed by atoms with Crippen molar-refractivity contribution >= 4 is 17.2 Å². The van der Waals surface area contributed by atoms with E-state index >= 15 is 0 Å². The third-order valence-electron chi connectivity index (χ3n) is 3.59. The van der Waals surface area contributed by atoms with E-state index < -0.39 is 0 Å². The molecule has 0 fully saturated rings. The van der Waals surface area contributed by atoms with Crippen LogP contribution in [0.2, 0.25) is 0 Å². The van der Waals surface area contributed by atoms with Crippen LogP contribution in [0.25, 0.3) is 5.65 Å². The quantitative estimate of drug-likeness (QED) is 0.789. The molecule has 1 amide bonds. The molecule has 25 heavy (non-hydrogen) atoms. The zero-order valence-electron chi connectivity index (χ0n) is 14.9. The summed E-state index contributed by atoms with van der Waals surface area (Å²) in [7, 11) is 0. The van der Waals surface area contributed by atoms with Crippen LogP contribution in [0.3, 0.4) is 0 Å². The smallest absolute Gasteiger partial charge is 0.261 e. The van der Waals surface area contributed by atoms with Crippen LogP contribution in [0.4, 0.5) is 5.69 Å². The maximum Gasteiger partial charge on any atom is 0.261 e. The van der Waals surface area contributed by atoms with Gasteiger partial charge in [-0.1, -0.05) is 12.1 Å². The van der Waals surface area contributed by atoms with Crippen LogP contribution >= 0.6 is 0 Å². The van der Waals surface area contributed by atoms with Gasteiger partial charge in [0.05, 0.1) is 18.4 Å². The fourth-order valence-electron chi connectivity index (χ4n) is 2.37. The number of hydrogen-bond donors (Lipinski definition) is 1. The third kappa shape index (κ3) is 4.22. The summed E-state index contributed by atoms with van der Waals surface area (Å²) in [5.74, 6) is -0.236. The van der Waals surface area contributed by atoms with Crippen molar-refractivity contribution in [1.82, 2.24) is 14.6 Å². The minimum atomic E-state index is -0.236. The fraction of sp³-hybridized carbons (Fsp3) is 0.316. The number of aromatic nitrogens is 3. The van der Waals surface area contributed by atoms with E-state index in [1.165, 1.54) is 6.20 Å². The Bertz CT molecular complexity index is 909. The maximum absolute atomic E-state index is 12.6. The standard InChI is InChI=1S/C19H22N4O2/c1-13-9-20-17-16(10-21-23(17)11-13)18(24)22-15-7-5-6-14(8-15)12-25-19(2,3)4/h5-11H,12H2,1-4H3,(H,22,24). The lowest BCUT2D eigenvalue weighted by Gasteiger charge is -2.19. The van der Waals surface area contributed by atoms with Crippen LogP contribution in [0.1, 0.15) is 42.3 Å². The van der Waals surface area contributed by atoms with Crippen LogP contribution < -0.4 is 5.32 Å². The van der Waals surface area contributed by atoms with E-state index in [0.29, 0.717) is 23.5 Å². The van der Waals surface area contributed by atoms with Gasteiger partial charge in [-0.2, -0.15) is 5.10 Å². The Labute approximate surface area is 146 Å². The van der Waals surface area contributed by atoms with Gasteiger partial charge in [-0.05, 0) is 51.0 Å². The molecule has 0 aliphatic carbocycles. The number of benzene rings is 1. The molecule has 1 N–H and O–H groups in total. The van der Waals surface area contributed by atoms with E-state index in [1.54, 1.807) is 10.7 Å². The predicted molar refractivity (Wildman–Crippen MR) is 96.7 cm³/mol. The van der Waals surface area contributed by atoms with Crippen molar-refractivity contribution in [2.45, 2.75) is 39.9 Å². The molecule has 130 valence electrons. The molecule has 0 unspecified atom stereocenters. The molecule has 0 saturated heterocycles. The number of ether oxygens (including phenoxy) is 1. The van der Waals surface area contributed by atoms with Crippen molar-refractivity contribution in [3.8, 4) is 0 Å². The molecule has 0 aliphatic heterocycles. The molecule has 0 radical (unpaired) electrons. The highest BCUT2D eigenvalue weighted by Crippen LogP contribution is 2.17. The lowest BCUT2D eigenvalue weighted by molar-refractivity contribution is -0.0149. The van der Waals surface area contributed by atoms with Crippen LogP contribution in [0, 0.1) is 6.92 Å². The molecule has 3 rings (SSSR count). The van der Waals surface area contributed by atoms with Crippen LogP contribution in [-0.4, -0.2) is 26.1 Å². The Morgan fingerprint density at radius 2 is 2.08 bits per heavy atom. The Kier molecular flexibility index (Phi) is 4.55. The van der Waals surface area contributed by atoms with Gasteiger partial charge in [0.2, 0.25) is 0 Å². The molecular weight excluding hydrogens is 316 g/mol. The third-order valence-corrected chi connectivity index (χ3v) is 3.59. The van der Waals surface area contributed by atoms with Gasteiger partial charge in [0.1, 0.15) is 5.56 Å². The first kappa shape index (κ1) is 17.1. The number of nitrogens with one attached hydrogen (secondary N) is 1. The molecule has 3 aromatic rings. The fourth-order valence-corrected chi connectivity index (χ4v) is 2.37. The van der Waals surface area contributed by atoms with Crippen molar-refractivity contribution in [1.29, 1.82) is 0 Å². The number of carbonyl (C=O) groups excluding carboxylic acids is 1. The number of amides is 1. The van der Waals surface area contributed by atoms with Gasteiger partial charge in [-0.15, -0.1) is 0 Å². The monoisotopic (exact) mass is 338 g/mol. The van der Waals surface area contributed by atoms with Gasteiger partial charge >= 0.3 is 0 Å². The molecule has 2 heterocycles. The summed E-state index contributed by atoms with van der Waals surface area (Å²) in [6.45, 7) is 8.46. The molecule has 6 heteroatoms. The topological polar surface area (TPSA) is 68.5 Å². The van der Waals surface area contributed by atoms with Crippen LogP contribution in [0.5, 0.6) is 0 Å². The first-order valence-electron chi connectivity index (χ1n) is 8.16.